The summed E-state index contributed by atoms with van der Waals surface area (Å²) in [7, 11) is 3.31. The quantitative estimate of drug-likeness (QED) is 0.328. The van der Waals surface area contributed by atoms with Gasteiger partial charge in [0.2, 0.25) is 0 Å². The molecule has 0 bridgehead atoms. The van der Waals surface area contributed by atoms with E-state index in [4.69, 9.17) is 18.9 Å². The molecule has 174 valence electrons. The molecule has 32 heavy (non-hydrogen) atoms. The molecular weight excluding hydrogens is 410 g/mol. The number of methoxy groups -OCH3 is 2. The number of nitrogens with zero attached hydrogens (tertiary/aromatic N) is 1. The van der Waals surface area contributed by atoms with Gasteiger partial charge in [0.25, 0.3) is 0 Å². The fourth-order valence-electron chi connectivity index (χ4n) is 5.00. The Kier molecular flexibility index (Phi) is 7.04. The Labute approximate surface area is 189 Å². The van der Waals surface area contributed by atoms with E-state index in [1.165, 1.54) is 24.8 Å². The minimum Gasteiger partial charge on any atom is -0.493 e. The van der Waals surface area contributed by atoms with Gasteiger partial charge in [0.05, 0.1) is 26.4 Å². The van der Waals surface area contributed by atoms with Crippen molar-refractivity contribution in [1.82, 2.24) is 4.90 Å². The van der Waals surface area contributed by atoms with Gasteiger partial charge >= 0.3 is 5.97 Å². The average Bonchev–Trinajstić information content (AvgIpc) is 2.75. The molecule has 7 heteroatoms. The molecule has 0 saturated heterocycles. The van der Waals surface area contributed by atoms with Crippen LogP contribution < -0.4 is 9.47 Å². The monoisotopic (exact) mass is 443 g/mol. The average molecular weight is 444 g/mol. The third-order valence-corrected chi connectivity index (χ3v) is 6.85. The van der Waals surface area contributed by atoms with Crippen molar-refractivity contribution in [2.75, 3.05) is 34.0 Å². The van der Waals surface area contributed by atoms with Crippen LogP contribution in [0, 0.1) is 5.92 Å². The second-order valence-electron chi connectivity index (χ2n) is 8.71. The van der Waals surface area contributed by atoms with E-state index in [2.05, 4.69) is 11.0 Å². The summed E-state index contributed by atoms with van der Waals surface area (Å²) >= 11 is 0. The topological polar surface area (TPSA) is 74.3 Å². The van der Waals surface area contributed by atoms with Crippen molar-refractivity contribution in [2.24, 2.45) is 5.92 Å². The zero-order valence-corrected chi connectivity index (χ0v) is 19.2. The second kappa shape index (κ2) is 9.94. The third kappa shape index (κ3) is 4.35. The van der Waals surface area contributed by atoms with Gasteiger partial charge in [-0.25, -0.2) is 4.79 Å². The van der Waals surface area contributed by atoms with Gasteiger partial charge in [-0.15, -0.1) is 0 Å². The van der Waals surface area contributed by atoms with Crippen LogP contribution in [0.15, 0.2) is 23.9 Å². The number of hydrogen-bond donors (Lipinski definition) is 0. The van der Waals surface area contributed by atoms with Gasteiger partial charge in [0.15, 0.2) is 17.3 Å². The molecule has 0 radical (unpaired) electrons. The lowest BCUT2D eigenvalue weighted by Gasteiger charge is -2.50. The Balaban J connectivity index is 1.68. The van der Waals surface area contributed by atoms with Gasteiger partial charge in [-0.2, -0.15) is 0 Å². The van der Waals surface area contributed by atoms with Crippen molar-refractivity contribution in [3.05, 3.63) is 35.0 Å². The molecule has 3 aliphatic rings. The minimum absolute atomic E-state index is 0.105. The Morgan fingerprint density at radius 1 is 1.12 bits per heavy atom. The van der Waals surface area contributed by atoms with Crippen molar-refractivity contribution in [2.45, 2.75) is 57.5 Å². The van der Waals surface area contributed by atoms with E-state index in [1.54, 1.807) is 27.3 Å². The number of carbonyl (C=O) groups excluding carboxylic acids is 2. The van der Waals surface area contributed by atoms with Gasteiger partial charge in [-0.05, 0) is 55.4 Å². The largest absolute Gasteiger partial charge is 0.493 e. The first kappa shape index (κ1) is 22.6. The van der Waals surface area contributed by atoms with E-state index in [9.17, 15) is 9.59 Å². The van der Waals surface area contributed by atoms with Crippen LogP contribution in [-0.2, 0) is 25.5 Å². The highest BCUT2D eigenvalue weighted by molar-refractivity contribution is 6.17. The molecule has 7 nitrogen and oxygen atoms in total. The summed E-state index contributed by atoms with van der Waals surface area (Å²) in [4.78, 5) is 27.5. The van der Waals surface area contributed by atoms with Gasteiger partial charge in [0, 0.05) is 38.8 Å². The first-order chi connectivity index (χ1) is 15.6. The molecule has 1 fully saturated rings. The van der Waals surface area contributed by atoms with Crippen LogP contribution >= 0.6 is 0 Å². The number of hydrogen-bond acceptors (Lipinski definition) is 7. The number of benzene rings is 1. The molecule has 1 aromatic carbocycles. The normalized spacial score (nSPS) is 22.4. The van der Waals surface area contributed by atoms with Gasteiger partial charge < -0.3 is 23.8 Å². The summed E-state index contributed by atoms with van der Waals surface area (Å²) in [6, 6.07) is 4.24. The maximum Gasteiger partial charge on any atom is 0.343 e. The van der Waals surface area contributed by atoms with E-state index < -0.39 is 5.97 Å². The van der Waals surface area contributed by atoms with Crippen LogP contribution in [0.2, 0.25) is 0 Å². The molecule has 2 unspecified atom stereocenters. The van der Waals surface area contributed by atoms with Crippen LogP contribution in [0.5, 0.6) is 11.5 Å². The first-order valence-corrected chi connectivity index (χ1v) is 11.6. The molecule has 1 aliphatic carbocycles. The SMILES string of the molecule is CCOC(=O)C1=CN2C(CC1=O)c1cc(OC)c(OCCCOC)cc1CC2C1CCC1. The second-order valence-corrected chi connectivity index (χ2v) is 8.71. The van der Waals surface area contributed by atoms with E-state index in [0.29, 0.717) is 24.9 Å². The number of carbonyl (C=O) groups is 2. The fourth-order valence-corrected chi connectivity index (χ4v) is 5.00. The summed E-state index contributed by atoms with van der Waals surface area (Å²) in [5.74, 6) is 1.27. The third-order valence-electron chi connectivity index (χ3n) is 6.85. The molecule has 2 heterocycles. The summed E-state index contributed by atoms with van der Waals surface area (Å²) in [6.45, 7) is 3.20. The lowest BCUT2D eigenvalue weighted by molar-refractivity contribution is -0.140. The van der Waals surface area contributed by atoms with Crippen molar-refractivity contribution >= 4 is 11.8 Å². The predicted octanol–water partition coefficient (Wildman–Crippen LogP) is 3.60. The van der Waals surface area contributed by atoms with E-state index in [1.807, 2.05) is 6.07 Å². The van der Waals surface area contributed by atoms with Crippen molar-refractivity contribution < 1.29 is 28.5 Å². The lowest BCUT2D eigenvalue weighted by atomic mass is 9.72. The number of esters is 1. The molecule has 1 saturated carbocycles. The highest BCUT2D eigenvalue weighted by Crippen LogP contribution is 2.47. The highest BCUT2D eigenvalue weighted by Gasteiger charge is 2.44. The van der Waals surface area contributed by atoms with Crippen LogP contribution in [0.25, 0.3) is 0 Å². The van der Waals surface area contributed by atoms with Crippen LogP contribution in [0.3, 0.4) is 0 Å². The smallest absolute Gasteiger partial charge is 0.343 e. The molecule has 1 aromatic rings. The summed E-state index contributed by atoms with van der Waals surface area (Å²) in [6.07, 6.45) is 7.27. The number of ketones is 1. The minimum atomic E-state index is -0.522. The predicted molar refractivity (Wildman–Crippen MR) is 119 cm³/mol. The van der Waals surface area contributed by atoms with Crippen molar-refractivity contribution in [1.29, 1.82) is 0 Å². The number of ether oxygens (including phenoxy) is 4. The van der Waals surface area contributed by atoms with Gasteiger partial charge in [0.1, 0.15) is 5.57 Å². The van der Waals surface area contributed by atoms with E-state index >= 15 is 0 Å². The zero-order valence-electron chi connectivity index (χ0n) is 19.2. The van der Waals surface area contributed by atoms with Crippen LogP contribution in [-0.4, -0.2) is 56.7 Å². The molecule has 0 spiro atoms. The first-order valence-electron chi connectivity index (χ1n) is 11.6. The molecule has 0 amide bonds. The number of fused-ring (bicyclic) bond motifs is 3. The Hall–Kier alpha value is -2.54. The maximum absolute atomic E-state index is 12.9. The molecule has 0 aromatic heterocycles. The lowest BCUT2D eigenvalue weighted by Crippen LogP contribution is -2.49. The Morgan fingerprint density at radius 3 is 2.59 bits per heavy atom. The molecule has 4 rings (SSSR count). The van der Waals surface area contributed by atoms with E-state index in [-0.39, 0.29) is 36.5 Å². The zero-order chi connectivity index (χ0) is 22.7. The molecule has 0 N–H and O–H groups in total. The van der Waals surface area contributed by atoms with Crippen LogP contribution in [0.1, 0.15) is 56.2 Å². The summed E-state index contributed by atoms with van der Waals surface area (Å²) < 4.78 is 21.9. The Bertz CT molecular complexity index is 891. The number of rotatable bonds is 9. The van der Waals surface area contributed by atoms with Crippen molar-refractivity contribution in [3.8, 4) is 11.5 Å². The fraction of sp³-hybridized carbons (Fsp3) is 0.600. The standard InChI is InChI=1S/C25H33NO6/c1-4-31-25(28)19-15-26-20(16-7-5-8-16)11-17-12-24(32-10-6-9-29-2)23(30-3)13-18(17)21(26)14-22(19)27/h12-13,15-16,20-21H,4-11,14H2,1-3H3. The van der Waals surface area contributed by atoms with Crippen molar-refractivity contribution in [3.63, 3.8) is 0 Å². The van der Waals surface area contributed by atoms with Crippen LogP contribution in [0.4, 0.5) is 0 Å². The summed E-state index contributed by atoms with van der Waals surface area (Å²) in [5, 5.41) is 0. The maximum atomic E-state index is 12.9. The van der Waals surface area contributed by atoms with Gasteiger partial charge in [-0.3, -0.25) is 4.79 Å². The van der Waals surface area contributed by atoms with E-state index in [0.717, 1.165) is 24.2 Å². The molecular formula is C25H33NO6. The highest BCUT2D eigenvalue weighted by atomic mass is 16.5. The summed E-state index contributed by atoms with van der Waals surface area (Å²) in [5.41, 5.74) is 2.45. The Morgan fingerprint density at radius 2 is 1.94 bits per heavy atom. The molecule has 2 aliphatic heterocycles. The molecule has 2 atom stereocenters. The van der Waals surface area contributed by atoms with Gasteiger partial charge in [-0.1, -0.05) is 6.42 Å². The number of Topliss-reactive ketones (excluding diaryl/α,β-unsaturated/α-hetero) is 1.